The van der Waals surface area contributed by atoms with Crippen LogP contribution in [0.3, 0.4) is 0 Å². The van der Waals surface area contributed by atoms with Crippen molar-refractivity contribution in [3.8, 4) is 0 Å². The fraction of sp³-hybridized carbons (Fsp3) is 0.500. The van der Waals surface area contributed by atoms with Gasteiger partial charge in [-0.3, -0.25) is 0 Å². The summed E-state index contributed by atoms with van der Waals surface area (Å²) in [4.78, 5) is 8.56. The predicted octanol–water partition coefficient (Wildman–Crippen LogP) is 2.98. The lowest BCUT2D eigenvalue weighted by atomic mass is 10.2. The largest absolute Gasteiger partial charge is 0.503 e. The fourth-order valence-electron chi connectivity index (χ4n) is 0.339. The van der Waals surface area contributed by atoms with E-state index in [2.05, 4.69) is 6.58 Å². The van der Waals surface area contributed by atoms with Crippen molar-refractivity contribution in [1.82, 2.24) is 0 Å². The Morgan fingerprint density at radius 3 is 1.57 bits per heavy atom. The van der Waals surface area contributed by atoms with Gasteiger partial charge in [-0.25, -0.2) is 13.6 Å². The van der Waals surface area contributed by atoms with Gasteiger partial charge in [-0.1, -0.05) is 6.58 Å². The maximum Gasteiger partial charge on any atom is 0.503 e. The molecular formula is C6H7F5O3. The molecule has 14 heavy (non-hydrogen) atoms. The van der Waals surface area contributed by atoms with E-state index >= 15 is 0 Å². The maximum absolute atomic E-state index is 11.8. The normalized spacial score (nSPS) is 11.2. The fourth-order valence-corrected chi connectivity index (χ4v) is 0.339. The highest BCUT2D eigenvalue weighted by Gasteiger charge is 2.41. The molecule has 2 N–H and O–H groups in total. The Hall–Kier alpha value is -1.34. The summed E-state index contributed by atoms with van der Waals surface area (Å²) in [7, 11) is 0. The molecule has 0 aromatic heterocycles. The van der Waals surface area contributed by atoms with Gasteiger partial charge in [0, 0.05) is 0 Å². The van der Waals surface area contributed by atoms with E-state index in [0.717, 1.165) is 0 Å². The molecule has 0 aromatic carbocycles. The highest BCUT2D eigenvalue weighted by atomic mass is 19.4. The van der Waals surface area contributed by atoms with Gasteiger partial charge in [-0.05, 0) is 6.08 Å². The van der Waals surface area contributed by atoms with Crippen LogP contribution in [-0.2, 0) is 0 Å². The summed E-state index contributed by atoms with van der Waals surface area (Å²) in [6, 6.07) is 0. The van der Waals surface area contributed by atoms with Crippen LogP contribution in [0, 0.1) is 0 Å². The number of carbonyl (C=O) groups is 1. The molecule has 0 saturated heterocycles. The molecule has 0 heterocycles. The predicted molar refractivity (Wildman–Crippen MR) is 36.5 cm³/mol. The lowest BCUT2D eigenvalue weighted by Crippen LogP contribution is -2.22. The highest BCUT2D eigenvalue weighted by molar-refractivity contribution is 5.53. The van der Waals surface area contributed by atoms with E-state index in [4.69, 9.17) is 15.0 Å². The molecule has 0 aliphatic carbocycles. The third kappa shape index (κ3) is 17.0. The van der Waals surface area contributed by atoms with Gasteiger partial charge >= 0.3 is 12.3 Å². The zero-order chi connectivity index (χ0) is 12.0. The average molecular weight is 222 g/mol. The first-order chi connectivity index (χ1) is 6.00. The maximum atomic E-state index is 11.8. The summed E-state index contributed by atoms with van der Waals surface area (Å²) < 4.78 is 57.3. The molecule has 0 bridgehead atoms. The summed E-state index contributed by atoms with van der Waals surface area (Å²) in [5.74, 6) is -3.84. The van der Waals surface area contributed by atoms with Gasteiger partial charge in [-0.2, -0.15) is 13.2 Å². The van der Waals surface area contributed by atoms with Crippen molar-refractivity contribution in [2.75, 3.05) is 0 Å². The van der Waals surface area contributed by atoms with Crippen LogP contribution in [0.4, 0.5) is 26.7 Å². The van der Waals surface area contributed by atoms with Crippen LogP contribution in [0.5, 0.6) is 0 Å². The summed E-state index contributed by atoms with van der Waals surface area (Å²) in [6.45, 7) is 2.57. The Balaban J connectivity index is 0. The van der Waals surface area contributed by atoms with Crippen LogP contribution in [0.25, 0.3) is 0 Å². The van der Waals surface area contributed by atoms with Crippen molar-refractivity contribution in [3.63, 3.8) is 0 Å². The molecule has 0 aromatic rings. The zero-order valence-corrected chi connectivity index (χ0v) is 6.68. The molecular weight excluding hydrogens is 215 g/mol. The molecule has 0 fully saturated rings. The Morgan fingerprint density at radius 1 is 1.21 bits per heavy atom. The molecule has 0 spiro atoms. The van der Waals surface area contributed by atoms with E-state index in [-0.39, 0.29) is 6.08 Å². The number of rotatable bonds is 2. The minimum Gasteiger partial charge on any atom is -0.450 e. The number of hydrogen-bond donors (Lipinski definition) is 2. The monoisotopic (exact) mass is 222 g/mol. The number of halogens is 5. The second-order valence-electron chi connectivity index (χ2n) is 2.04. The molecule has 0 aliphatic rings. The van der Waals surface area contributed by atoms with Crippen LogP contribution in [-0.4, -0.2) is 28.5 Å². The van der Waals surface area contributed by atoms with E-state index in [1.165, 1.54) is 0 Å². The molecule has 0 amide bonds. The van der Waals surface area contributed by atoms with E-state index in [1.807, 2.05) is 0 Å². The summed E-state index contributed by atoms with van der Waals surface area (Å²) in [5, 5.41) is 13.9. The lowest BCUT2D eigenvalue weighted by Gasteiger charge is -2.12. The third-order valence-electron chi connectivity index (χ3n) is 0.735. The van der Waals surface area contributed by atoms with Gasteiger partial charge in [0.15, 0.2) is 0 Å². The van der Waals surface area contributed by atoms with Crippen LogP contribution < -0.4 is 0 Å². The lowest BCUT2D eigenvalue weighted by molar-refractivity contribution is -0.174. The van der Waals surface area contributed by atoms with Crippen molar-refractivity contribution in [2.24, 2.45) is 0 Å². The Bertz CT molecular complexity index is 194. The second kappa shape index (κ2) is 5.40. The molecule has 0 aliphatic heterocycles. The van der Waals surface area contributed by atoms with Gasteiger partial charge in [0.25, 0.3) is 5.92 Å². The number of hydrogen-bond acceptors (Lipinski definition) is 1. The Labute approximate surface area is 75.5 Å². The standard InChI is InChI=1S/C5H5F5.CH2O3/c1-2-4(6,7)3-5(8,9)10;2-1(3)4/h2H,1,3H2;(H2,2,3,4). The van der Waals surface area contributed by atoms with Crippen LogP contribution in [0.15, 0.2) is 12.7 Å². The van der Waals surface area contributed by atoms with Gasteiger partial charge in [0.05, 0.1) is 0 Å². The van der Waals surface area contributed by atoms with Crippen molar-refractivity contribution < 1.29 is 37.0 Å². The zero-order valence-electron chi connectivity index (χ0n) is 6.68. The molecule has 0 unspecified atom stereocenters. The van der Waals surface area contributed by atoms with E-state index in [1.54, 1.807) is 0 Å². The Morgan fingerprint density at radius 2 is 1.50 bits per heavy atom. The van der Waals surface area contributed by atoms with Crippen LogP contribution >= 0.6 is 0 Å². The first kappa shape index (κ1) is 15.1. The quantitative estimate of drug-likeness (QED) is 0.557. The topological polar surface area (TPSA) is 57.5 Å². The minimum atomic E-state index is -4.84. The summed E-state index contributed by atoms with van der Waals surface area (Å²) in [6.07, 6.45) is -8.82. The molecule has 0 radical (unpaired) electrons. The van der Waals surface area contributed by atoms with Crippen LogP contribution in [0.2, 0.25) is 0 Å². The molecule has 0 rings (SSSR count). The number of alkyl halides is 5. The second-order valence-corrected chi connectivity index (χ2v) is 2.04. The molecule has 0 saturated carbocycles. The van der Waals surface area contributed by atoms with E-state index in [9.17, 15) is 22.0 Å². The first-order valence-electron chi connectivity index (χ1n) is 3.00. The number of allylic oxidation sites excluding steroid dienone is 1. The highest BCUT2D eigenvalue weighted by Crippen LogP contribution is 2.31. The van der Waals surface area contributed by atoms with Gasteiger partial charge in [-0.15, -0.1) is 0 Å². The van der Waals surface area contributed by atoms with Gasteiger partial charge < -0.3 is 10.2 Å². The first-order valence-corrected chi connectivity index (χ1v) is 3.00. The average Bonchev–Trinajstić information content (AvgIpc) is 1.80. The summed E-state index contributed by atoms with van der Waals surface area (Å²) in [5.41, 5.74) is 0. The van der Waals surface area contributed by atoms with Crippen molar-refractivity contribution in [1.29, 1.82) is 0 Å². The van der Waals surface area contributed by atoms with E-state index < -0.39 is 24.7 Å². The smallest absolute Gasteiger partial charge is 0.450 e. The Kier molecular flexibility index (Phi) is 5.85. The van der Waals surface area contributed by atoms with Gasteiger partial charge in [0.1, 0.15) is 6.42 Å². The minimum absolute atomic E-state index is 0.0134. The number of carboxylic acid groups (broad SMARTS) is 2. The van der Waals surface area contributed by atoms with Crippen LogP contribution in [0.1, 0.15) is 6.42 Å². The molecule has 8 heteroatoms. The molecule has 3 nitrogen and oxygen atoms in total. The molecule has 0 atom stereocenters. The van der Waals surface area contributed by atoms with Crippen molar-refractivity contribution in [3.05, 3.63) is 12.7 Å². The third-order valence-corrected chi connectivity index (χ3v) is 0.735. The van der Waals surface area contributed by atoms with Gasteiger partial charge in [0.2, 0.25) is 0 Å². The van der Waals surface area contributed by atoms with E-state index in [0.29, 0.717) is 0 Å². The van der Waals surface area contributed by atoms with Crippen molar-refractivity contribution >= 4 is 6.16 Å². The SMILES string of the molecule is C=CC(F)(F)CC(F)(F)F.O=C(O)O. The summed E-state index contributed by atoms with van der Waals surface area (Å²) >= 11 is 0. The van der Waals surface area contributed by atoms with Crippen molar-refractivity contribution in [2.45, 2.75) is 18.5 Å². The molecule has 84 valence electrons.